The monoisotopic (exact) mass is 305 g/mol. The van der Waals surface area contributed by atoms with Crippen LogP contribution in [0.5, 0.6) is 0 Å². The van der Waals surface area contributed by atoms with E-state index < -0.39 is 10.0 Å². The zero-order valence-corrected chi connectivity index (χ0v) is 12.8. The Morgan fingerprint density at radius 2 is 2.29 bits per heavy atom. The topological polar surface area (TPSA) is 74.8 Å². The lowest BCUT2D eigenvalue weighted by atomic mass is 9.80. The predicted molar refractivity (Wildman–Crippen MR) is 82.9 cm³/mol. The maximum absolute atomic E-state index is 11.8. The van der Waals surface area contributed by atoms with Crippen LogP contribution in [-0.2, 0) is 16.4 Å². The molecule has 1 aliphatic rings. The Hall–Kier alpha value is -1.82. The minimum Gasteiger partial charge on any atom is -0.348 e. The molecule has 6 heteroatoms. The summed E-state index contributed by atoms with van der Waals surface area (Å²) in [6.45, 7) is 1.64. The first-order valence-electron chi connectivity index (χ1n) is 7.21. The number of hydrogen-bond acceptors (Lipinski definition) is 3. The molecule has 0 saturated carbocycles. The Kier molecular flexibility index (Phi) is 3.71. The summed E-state index contributed by atoms with van der Waals surface area (Å²) >= 11 is 0. The number of sulfonamides is 1. The van der Waals surface area contributed by atoms with E-state index in [1.807, 2.05) is 18.3 Å². The van der Waals surface area contributed by atoms with E-state index in [0.717, 1.165) is 36.2 Å². The number of imidazole rings is 1. The highest BCUT2D eigenvalue weighted by molar-refractivity contribution is 7.92. The van der Waals surface area contributed by atoms with Crippen molar-refractivity contribution in [3.8, 4) is 0 Å². The fourth-order valence-electron chi connectivity index (χ4n) is 2.96. The number of fused-ring (bicyclic) bond motifs is 1. The van der Waals surface area contributed by atoms with Gasteiger partial charge in [0, 0.05) is 17.8 Å². The number of nitrogens with one attached hydrogen (secondary N) is 2. The third kappa shape index (κ3) is 2.81. The highest BCUT2D eigenvalue weighted by Gasteiger charge is 2.25. The van der Waals surface area contributed by atoms with Gasteiger partial charge >= 0.3 is 0 Å². The van der Waals surface area contributed by atoms with Crippen LogP contribution in [0.4, 0.5) is 5.69 Å². The number of anilines is 1. The largest absolute Gasteiger partial charge is 0.348 e. The summed E-state index contributed by atoms with van der Waals surface area (Å²) in [6.07, 6.45) is 6.54. The first kappa shape index (κ1) is 14.1. The summed E-state index contributed by atoms with van der Waals surface area (Å²) in [5.74, 6) is 0.350. The molecule has 5 nitrogen and oxygen atoms in total. The number of benzene rings is 1. The van der Waals surface area contributed by atoms with Crippen LogP contribution in [0.25, 0.3) is 0 Å². The summed E-state index contributed by atoms with van der Waals surface area (Å²) < 4.78 is 26.4. The molecule has 1 heterocycles. The van der Waals surface area contributed by atoms with E-state index in [0.29, 0.717) is 0 Å². The van der Waals surface area contributed by atoms with Crippen LogP contribution in [0, 0.1) is 0 Å². The van der Waals surface area contributed by atoms with Crippen molar-refractivity contribution in [3.05, 3.63) is 47.5 Å². The summed E-state index contributed by atoms with van der Waals surface area (Å²) in [7, 11) is -3.25. The molecule has 112 valence electrons. The molecule has 1 aromatic heterocycles. The molecule has 0 unspecified atom stereocenters. The summed E-state index contributed by atoms with van der Waals surface area (Å²) in [5, 5.41) is 0. The molecule has 2 N–H and O–H groups in total. The van der Waals surface area contributed by atoms with E-state index in [9.17, 15) is 8.42 Å². The number of H-pyrrole nitrogens is 1. The molecule has 21 heavy (non-hydrogen) atoms. The third-order valence-corrected chi connectivity index (χ3v) is 5.34. The molecular formula is C15H19N3O2S. The number of nitrogens with zero attached hydrogens (tertiary/aromatic N) is 1. The fourth-order valence-corrected chi connectivity index (χ4v) is 3.63. The predicted octanol–water partition coefficient (Wildman–Crippen LogP) is 2.64. The number of aromatic nitrogens is 2. The highest BCUT2D eigenvalue weighted by Crippen LogP contribution is 2.38. The van der Waals surface area contributed by atoms with Gasteiger partial charge in [0.1, 0.15) is 0 Å². The van der Waals surface area contributed by atoms with Crippen molar-refractivity contribution in [2.45, 2.75) is 32.1 Å². The lowest BCUT2D eigenvalue weighted by Crippen LogP contribution is -2.19. The van der Waals surface area contributed by atoms with Gasteiger partial charge in [-0.2, -0.15) is 0 Å². The molecule has 0 spiro atoms. The van der Waals surface area contributed by atoms with Crippen molar-refractivity contribution < 1.29 is 8.42 Å². The Bertz CT molecular complexity index is 723. The second kappa shape index (κ2) is 5.52. The maximum Gasteiger partial charge on any atom is 0.232 e. The van der Waals surface area contributed by atoms with Gasteiger partial charge in [0.2, 0.25) is 10.0 Å². The molecule has 0 radical (unpaired) electrons. The summed E-state index contributed by atoms with van der Waals surface area (Å²) in [6, 6.07) is 5.85. The standard InChI is InChI=1S/C15H19N3O2S/c1-2-21(19,20)18-14-8-4-5-11-12(14)6-3-7-13(11)15-9-16-10-17-15/h4-5,8-10,13,18H,2-3,6-7H2,1H3,(H,16,17)/t13-/m1/s1. The SMILES string of the molecule is CCS(=O)(=O)Nc1cccc2c1CCC[C@H]2c1cnc[nH]1. The van der Waals surface area contributed by atoms with E-state index >= 15 is 0 Å². The average Bonchev–Trinajstić information content (AvgIpc) is 3.01. The van der Waals surface area contributed by atoms with E-state index in [1.54, 1.807) is 13.3 Å². The average molecular weight is 305 g/mol. The zero-order chi connectivity index (χ0) is 14.9. The van der Waals surface area contributed by atoms with Crippen molar-refractivity contribution in [2.75, 3.05) is 10.5 Å². The van der Waals surface area contributed by atoms with Gasteiger partial charge in [-0.1, -0.05) is 12.1 Å². The summed E-state index contributed by atoms with van der Waals surface area (Å²) in [4.78, 5) is 7.28. The summed E-state index contributed by atoms with van der Waals surface area (Å²) in [5.41, 5.74) is 4.12. The number of rotatable bonds is 4. The van der Waals surface area contributed by atoms with Gasteiger partial charge in [-0.15, -0.1) is 0 Å². The molecule has 0 fully saturated rings. The first-order valence-corrected chi connectivity index (χ1v) is 8.86. The Morgan fingerprint density at radius 1 is 1.43 bits per heavy atom. The number of aromatic amines is 1. The van der Waals surface area contributed by atoms with Crippen LogP contribution in [0.3, 0.4) is 0 Å². The fraction of sp³-hybridized carbons (Fsp3) is 0.400. The van der Waals surface area contributed by atoms with Gasteiger partial charge in [0.15, 0.2) is 0 Å². The lowest BCUT2D eigenvalue weighted by Gasteiger charge is -2.26. The van der Waals surface area contributed by atoms with Crippen LogP contribution in [0.1, 0.15) is 42.5 Å². The van der Waals surface area contributed by atoms with E-state index in [4.69, 9.17) is 0 Å². The Labute approximate surface area is 124 Å². The normalized spacial score (nSPS) is 18.2. The van der Waals surface area contributed by atoms with Gasteiger partial charge < -0.3 is 4.98 Å². The Balaban J connectivity index is 2.02. The molecule has 0 amide bonds. The van der Waals surface area contributed by atoms with Crippen molar-refractivity contribution in [3.63, 3.8) is 0 Å². The number of hydrogen-bond donors (Lipinski definition) is 2. The molecule has 1 aliphatic carbocycles. The van der Waals surface area contributed by atoms with Gasteiger partial charge in [0.05, 0.1) is 17.8 Å². The van der Waals surface area contributed by atoms with Crippen LogP contribution in [0.15, 0.2) is 30.7 Å². The molecule has 0 saturated heterocycles. The molecule has 2 aromatic rings. The molecule has 0 bridgehead atoms. The zero-order valence-electron chi connectivity index (χ0n) is 12.0. The van der Waals surface area contributed by atoms with Crippen LogP contribution < -0.4 is 4.72 Å². The lowest BCUT2D eigenvalue weighted by molar-refractivity contribution is 0.600. The highest BCUT2D eigenvalue weighted by atomic mass is 32.2. The van der Waals surface area contributed by atoms with Gasteiger partial charge in [-0.3, -0.25) is 4.72 Å². The molecule has 1 atom stereocenters. The van der Waals surface area contributed by atoms with Crippen molar-refractivity contribution >= 4 is 15.7 Å². The molecule has 1 aromatic carbocycles. The Morgan fingerprint density at radius 3 is 3.00 bits per heavy atom. The minimum absolute atomic E-state index is 0.0840. The van der Waals surface area contributed by atoms with Crippen molar-refractivity contribution in [1.82, 2.24) is 9.97 Å². The molecule has 0 aliphatic heterocycles. The van der Waals surface area contributed by atoms with Gasteiger partial charge in [-0.25, -0.2) is 13.4 Å². The second-order valence-electron chi connectivity index (χ2n) is 5.33. The van der Waals surface area contributed by atoms with Crippen molar-refractivity contribution in [2.24, 2.45) is 0 Å². The van der Waals surface area contributed by atoms with Crippen LogP contribution in [0.2, 0.25) is 0 Å². The van der Waals surface area contributed by atoms with E-state index in [-0.39, 0.29) is 11.7 Å². The second-order valence-corrected chi connectivity index (χ2v) is 7.34. The quantitative estimate of drug-likeness (QED) is 0.912. The van der Waals surface area contributed by atoms with Crippen LogP contribution in [-0.4, -0.2) is 24.1 Å². The van der Waals surface area contributed by atoms with E-state index in [1.165, 1.54) is 5.56 Å². The smallest absolute Gasteiger partial charge is 0.232 e. The van der Waals surface area contributed by atoms with E-state index in [2.05, 4.69) is 20.8 Å². The van der Waals surface area contributed by atoms with Crippen molar-refractivity contribution in [1.29, 1.82) is 0 Å². The van der Waals surface area contributed by atoms with Gasteiger partial charge in [0.25, 0.3) is 0 Å². The molecule has 3 rings (SSSR count). The van der Waals surface area contributed by atoms with Gasteiger partial charge in [-0.05, 0) is 43.4 Å². The van der Waals surface area contributed by atoms with Crippen LogP contribution >= 0.6 is 0 Å². The first-order chi connectivity index (χ1) is 10.1. The minimum atomic E-state index is -3.25. The third-order valence-electron chi connectivity index (χ3n) is 4.05. The molecular weight excluding hydrogens is 286 g/mol. The maximum atomic E-state index is 11.8.